The number of hydrogen-bond acceptors (Lipinski definition) is 6. The summed E-state index contributed by atoms with van der Waals surface area (Å²) in [5.74, 6) is 3.53. The lowest BCUT2D eigenvalue weighted by atomic mass is 10.1. The molecule has 27 heavy (non-hydrogen) atoms. The Morgan fingerprint density at radius 1 is 1.44 bits per heavy atom. The highest BCUT2D eigenvalue weighted by Gasteiger charge is 2.34. The second kappa shape index (κ2) is 9.27. The average Bonchev–Trinajstić information content (AvgIpc) is 3.26. The fourth-order valence-electron chi connectivity index (χ4n) is 2.92. The fraction of sp³-hybridized carbons (Fsp3) is 0.400. The van der Waals surface area contributed by atoms with E-state index in [9.17, 15) is 4.79 Å². The molecule has 142 valence electrons. The van der Waals surface area contributed by atoms with Crippen molar-refractivity contribution < 1.29 is 19.0 Å². The second-order valence-electron chi connectivity index (χ2n) is 6.06. The van der Waals surface area contributed by atoms with E-state index in [2.05, 4.69) is 5.92 Å². The average molecular weight is 404 g/mol. The van der Waals surface area contributed by atoms with Gasteiger partial charge in [-0.05, 0) is 43.5 Å². The van der Waals surface area contributed by atoms with Crippen LogP contribution in [0.5, 0.6) is 11.5 Å². The van der Waals surface area contributed by atoms with E-state index in [0.29, 0.717) is 33.9 Å². The second-order valence-corrected chi connectivity index (χ2v) is 7.74. The van der Waals surface area contributed by atoms with Crippen LogP contribution in [0.25, 0.3) is 6.08 Å². The molecule has 3 rings (SSSR count). The summed E-state index contributed by atoms with van der Waals surface area (Å²) >= 11 is 6.70. The SMILES string of the molecule is C#CCOc1ccc(/C=C2\SC(=S)N(C[C@@H]3CCCO3)C2=O)cc1OCC. The number of ether oxygens (including phenoxy) is 3. The van der Waals surface area contributed by atoms with Gasteiger partial charge in [0.25, 0.3) is 5.91 Å². The highest BCUT2D eigenvalue weighted by Crippen LogP contribution is 2.35. The number of nitrogens with zero attached hydrogens (tertiary/aromatic N) is 1. The van der Waals surface area contributed by atoms with Crippen molar-refractivity contribution in [1.29, 1.82) is 0 Å². The Balaban J connectivity index is 1.77. The standard InChI is InChI=1S/C20H21NO4S2/c1-3-9-25-16-8-7-14(11-17(16)23-4-2)12-18-19(22)21(20(26)27-18)13-15-6-5-10-24-15/h1,7-8,11-12,15H,4-6,9-10,13H2,2H3/b18-12-/t15-/m0/s1. The first-order chi connectivity index (χ1) is 13.1. The van der Waals surface area contributed by atoms with Crippen LogP contribution in [0.4, 0.5) is 0 Å². The number of carbonyl (C=O) groups is 1. The normalized spacial score (nSPS) is 21.0. The summed E-state index contributed by atoms with van der Waals surface area (Å²) in [6, 6.07) is 5.49. The zero-order chi connectivity index (χ0) is 19.2. The third-order valence-corrected chi connectivity index (χ3v) is 5.54. The Morgan fingerprint density at radius 2 is 2.30 bits per heavy atom. The molecule has 0 aliphatic carbocycles. The molecule has 0 bridgehead atoms. The van der Waals surface area contributed by atoms with Crippen molar-refractivity contribution in [3.63, 3.8) is 0 Å². The molecule has 1 aromatic carbocycles. The lowest BCUT2D eigenvalue weighted by molar-refractivity contribution is -0.123. The molecular formula is C20H21NO4S2. The quantitative estimate of drug-likeness (QED) is 0.395. The number of thiocarbonyl (C=S) groups is 1. The fourth-order valence-corrected chi connectivity index (χ4v) is 4.20. The van der Waals surface area contributed by atoms with Gasteiger partial charge in [-0.25, -0.2) is 0 Å². The molecule has 2 aliphatic heterocycles. The van der Waals surface area contributed by atoms with Crippen LogP contribution < -0.4 is 9.47 Å². The first kappa shape index (κ1) is 19.7. The van der Waals surface area contributed by atoms with E-state index < -0.39 is 0 Å². The van der Waals surface area contributed by atoms with Crippen LogP contribution in [0.3, 0.4) is 0 Å². The van der Waals surface area contributed by atoms with Crippen LogP contribution in [-0.4, -0.2) is 47.6 Å². The first-order valence-electron chi connectivity index (χ1n) is 8.82. The summed E-state index contributed by atoms with van der Waals surface area (Å²) < 4.78 is 17.3. The van der Waals surface area contributed by atoms with Crippen molar-refractivity contribution in [2.24, 2.45) is 0 Å². The Morgan fingerprint density at radius 3 is 3.00 bits per heavy atom. The molecule has 0 saturated carbocycles. The topological polar surface area (TPSA) is 48.0 Å². The number of thioether (sulfide) groups is 1. The minimum absolute atomic E-state index is 0.0731. The van der Waals surface area contributed by atoms with Gasteiger partial charge in [0.1, 0.15) is 10.9 Å². The van der Waals surface area contributed by atoms with Gasteiger partial charge in [0, 0.05) is 6.61 Å². The van der Waals surface area contributed by atoms with Crippen molar-refractivity contribution in [2.45, 2.75) is 25.9 Å². The number of carbonyl (C=O) groups excluding carboxylic acids is 1. The zero-order valence-electron chi connectivity index (χ0n) is 15.1. The molecule has 0 N–H and O–H groups in total. The molecule has 2 fully saturated rings. The molecule has 1 amide bonds. The monoisotopic (exact) mass is 403 g/mol. The van der Waals surface area contributed by atoms with Gasteiger partial charge >= 0.3 is 0 Å². The molecule has 0 unspecified atom stereocenters. The van der Waals surface area contributed by atoms with E-state index in [0.717, 1.165) is 25.0 Å². The molecular weight excluding hydrogens is 382 g/mol. The number of benzene rings is 1. The minimum atomic E-state index is -0.0777. The summed E-state index contributed by atoms with van der Waals surface area (Å²) in [7, 11) is 0. The van der Waals surface area contributed by atoms with Crippen molar-refractivity contribution in [1.82, 2.24) is 4.90 Å². The van der Waals surface area contributed by atoms with Crippen LogP contribution >= 0.6 is 24.0 Å². The van der Waals surface area contributed by atoms with Gasteiger partial charge in [0.2, 0.25) is 0 Å². The van der Waals surface area contributed by atoms with Gasteiger partial charge in [-0.3, -0.25) is 9.69 Å². The van der Waals surface area contributed by atoms with Crippen molar-refractivity contribution in [2.75, 3.05) is 26.4 Å². The van der Waals surface area contributed by atoms with Gasteiger partial charge in [-0.1, -0.05) is 36.0 Å². The van der Waals surface area contributed by atoms with Crippen LogP contribution in [0.2, 0.25) is 0 Å². The van der Waals surface area contributed by atoms with Crippen LogP contribution in [0.15, 0.2) is 23.1 Å². The molecule has 2 aliphatic rings. The van der Waals surface area contributed by atoms with E-state index in [1.165, 1.54) is 11.8 Å². The lowest BCUT2D eigenvalue weighted by Gasteiger charge is -2.18. The highest BCUT2D eigenvalue weighted by molar-refractivity contribution is 8.26. The Bertz CT molecular complexity index is 794. The van der Waals surface area contributed by atoms with Crippen molar-refractivity contribution in [3.05, 3.63) is 28.7 Å². The number of terminal acetylenes is 1. The van der Waals surface area contributed by atoms with Gasteiger partial charge in [0.05, 0.1) is 24.2 Å². The third-order valence-electron chi connectivity index (χ3n) is 4.16. The smallest absolute Gasteiger partial charge is 0.266 e. The summed E-state index contributed by atoms with van der Waals surface area (Å²) in [4.78, 5) is 15.0. The maximum Gasteiger partial charge on any atom is 0.266 e. The summed E-state index contributed by atoms with van der Waals surface area (Å²) in [6.07, 6.45) is 9.14. The third kappa shape index (κ3) is 4.83. The van der Waals surface area contributed by atoms with Gasteiger partial charge in [0.15, 0.2) is 11.5 Å². The summed E-state index contributed by atoms with van der Waals surface area (Å²) in [5.41, 5.74) is 0.837. The number of hydrogen-bond donors (Lipinski definition) is 0. The maximum atomic E-state index is 12.7. The molecule has 2 heterocycles. The van der Waals surface area contributed by atoms with Crippen LogP contribution in [-0.2, 0) is 9.53 Å². The molecule has 1 atom stereocenters. The highest BCUT2D eigenvalue weighted by atomic mass is 32.2. The maximum absolute atomic E-state index is 12.7. The van der Waals surface area contributed by atoms with Crippen molar-refractivity contribution >= 4 is 40.3 Å². The number of rotatable bonds is 7. The van der Waals surface area contributed by atoms with E-state index in [1.807, 2.05) is 25.1 Å². The molecule has 1 aromatic rings. The van der Waals surface area contributed by atoms with E-state index in [4.69, 9.17) is 32.9 Å². The molecule has 7 heteroatoms. The van der Waals surface area contributed by atoms with Gasteiger partial charge < -0.3 is 14.2 Å². The Labute approximate surface area is 169 Å². The van der Waals surface area contributed by atoms with Gasteiger partial charge in [-0.15, -0.1) is 6.42 Å². The molecule has 0 radical (unpaired) electrons. The van der Waals surface area contributed by atoms with Crippen LogP contribution in [0, 0.1) is 12.3 Å². The van der Waals surface area contributed by atoms with E-state index >= 15 is 0 Å². The van der Waals surface area contributed by atoms with E-state index in [-0.39, 0.29) is 18.6 Å². The van der Waals surface area contributed by atoms with Crippen LogP contribution in [0.1, 0.15) is 25.3 Å². The zero-order valence-corrected chi connectivity index (χ0v) is 16.7. The van der Waals surface area contributed by atoms with Gasteiger partial charge in [-0.2, -0.15) is 0 Å². The predicted molar refractivity (Wildman–Crippen MR) is 111 cm³/mol. The minimum Gasteiger partial charge on any atom is -0.490 e. The predicted octanol–water partition coefficient (Wildman–Crippen LogP) is 3.48. The molecule has 0 spiro atoms. The number of amides is 1. The molecule has 0 aromatic heterocycles. The Kier molecular flexibility index (Phi) is 6.78. The summed E-state index contributed by atoms with van der Waals surface area (Å²) in [5, 5.41) is 0. The largest absolute Gasteiger partial charge is 0.490 e. The molecule has 5 nitrogen and oxygen atoms in total. The summed E-state index contributed by atoms with van der Waals surface area (Å²) in [6.45, 7) is 3.84. The van der Waals surface area contributed by atoms with E-state index in [1.54, 1.807) is 11.0 Å². The molecule has 2 saturated heterocycles. The Hall–Kier alpha value is -2.01. The van der Waals surface area contributed by atoms with Crippen molar-refractivity contribution in [3.8, 4) is 23.8 Å². The lowest BCUT2D eigenvalue weighted by Crippen LogP contribution is -2.35. The first-order valence-corrected chi connectivity index (χ1v) is 10.0.